The number of ketones is 2. The maximum absolute atomic E-state index is 14.2. The van der Waals surface area contributed by atoms with Crippen molar-refractivity contribution in [2.24, 2.45) is 29.1 Å². The van der Waals surface area contributed by atoms with Crippen LogP contribution >= 0.6 is 0 Å². The number of allylic oxidation sites excluding steroid dienone is 8. The van der Waals surface area contributed by atoms with Crippen LogP contribution in [0.2, 0.25) is 0 Å². The largest absolute Gasteiger partial charge is 0.299 e. The molecule has 0 heterocycles. The van der Waals surface area contributed by atoms with Gasteiger partial charge in [0.05, 0.1) is 0 Å². The van der Waals surface area contributed by atoms with Crippen LogP contribution in [0.3, 0.4) is 0 Å². The molecule has 3 heteroatoms. The maximum Gasteiger partial charge on any atom is 0.166 e. The Hall–Kier alpha value is -2.25. The van der Waals surface area contributed by atoms with Gasteiger partial charge in [-0.2, -0.15) is 0 Å². The standard InChI is InChI=1S/C31H39FO2/c1-5-31(32)19-27(20-31)28(33)21(2)22-8-6-10-24(13-12-22)29(34)26-11-7-9-23-14-16-30(3,4)17-15-25(23)18-26/h5,9,11,14,16,18,21-22,24,27H,1,6,8,10,12-13,15,17,19-20H2,2-4H3/t21?,22-,24?,27?,31?/m1/s1. The van der Waals surface area contributed by atoms with Crippen molar-refractivity contribution in [1.29, 1.82) is 0 Å². The van der Waals surface area contributed by atoms with E-state index in [1.54, 1.807) is 0 Å². The zero-order valence-corrected chi connectivity index (χ0v) is 21.0. The second-order valence-corrected chi connectivity index (χ2v) is 11.7. The van der Waals surface area contributed by atoms with Gasteiger partial charge in [0.1, 0.15) is 11.5 Å². The molecule has 2 nitrogen and oxygen atoms in total. The van der Waals surface area contributed by atoms with Gasteiger partial charge in [0.15, 0.2) is 5.78 Å². The van der Waals surface area contributed by atoms with Crippen molar-refractivity contribution in [2.45, 2.75) is 84.2 Å². The minimum Gasteiger partial charge on any atom is -0.299 e. The molecule has 0 radical (unpaired) electrons. The number of halogens is 1. The summed E-state index contributed by atoms with van der Waals surface area (Å²) in [5.74, 6) is 0.460. The summed E-state index contributed by atoms with van der Waals surface area (Å²) >= 11 is 0. The Balaban J connectivity index is 1.39. The summed E-state index contributed by atoms with van der Waals surface area (Å²) in [6.45, 7) is 10.1. The van der Waals surface area contributed by atoms with Crippen LogP contribution in [0.5, 0.6) is 0 Å². The zero-order valence-electron chi connectivity index (χ0n) is 21.0. The fraction of sp³-hybridized carbons (Fsp3) is 0.581. The number of hydrogen-bond acceptors (Lipinski definition) is 2. The smallest absolute Gasteiger partial charge is 0.166 e. The molecule has 2 fully saturated rings. The molecule has 0 amide bonds. The molecule has 0 aromatic carbocycles. The van der Waals surface area contributed by atoms with Gasteiger partial charge in [0, 0.05) is 23.3 Å². The van der Waals surface area contributed by atoms with Gasteiger partial charge in [0.25, 0.3) is 0 Å². The van der Waals surface area contributed by atoms with Crippen molar-refractivity contribution in [1.82, 2.24) is 0 Å². The summed E-state index contributed by atoms with van der Waals surface area (Å²) in [6.07, 6.45) is 18.8. The Labute approximate surface area is 204 Å². The summed E-state index contributed by atoms with van der Waals surface area (Å²) in [5.41, 5.74) is 5.18. The molecule has 3 atom stereocenters. The van der Waals surface area contributed by atoms with Crippen LogP contribution in [-0.4, -0.2) is 17.2 Å². The van der Waals surface area contributed by atoms with E-state index in [0.29, 0.717) is 0 Å². The molecule has 34 heavy (non-hydrogen) atoms. The normalized spacial score (nSPS) is 33.5. The number of rotatable bonds is 6. The van der Waals surface area contributed by atoms with E-state index in [9.17, 15) is 14.0 Å². The first kappa shape index (κ1) is 24.9. The summed E-state index contributed by atoms with van der Waals surface area (Å²) in [6, 6.07) is 0. The lowest BCUT2D eigenvalue weighted by Gasteiger charge is -2.40. The van der Waals surface area contributed by atoms with Crippen LogP contribution in [-0.2, 0) is 9.59 Å². The van der Waals surface area contributed by atoms with Gasteiger partial charge in [-0.05, 0) is 92.1 Å². The monoisotopic (exact) mass is 462 g/mol. The van der Waals surface area contributed by atoms with Crippen LogP contribution in [0.4, 0.5) is 4.39 Å². The third-order valence-electron chi connectivity index (χ3n) is 8.70. The van der Waals surface area contributed by atoms with E-state index in [2.05, 4.69) is 44.4 Å². The van der Waals surface area contributed by atoms with Crippen LogP contribution < -0.4 is 0 Å². The van der Waals surface area contributed by atoms with Crippen LogP contribution in [0, 0.1) is 29.1 Å². The van der Waals surface area contributed by atoms with Gasteiger partial charge in [-0.25, -0.2) is 4.39 Å². The Morgan fingerprint density at radius 1 is 1.15 bits per heavy atom. The molecule has 0 N–H and O–H groups in total. The fourth-order valence-corrected chi connectivity index (χ4v) is 6.06. The molecule has 0 spiro atoms. The number of Topliss-reactive ketones (excluding diaryl/α,β-unsaturated/α-hetero) is 2. The first-order valence-corrected chi connectivity index (χ1v) is 13.1. The Morgan fingerprint density at radius 3 is 2.65 bits per heavy atom. The predicted molar refractivity (Wildman–Crippen MR) is 136 cm³/mol. The van der Waals surface area contributed by atoms with Crippen molar-refractivity contribution >= 4 is 11.6 Å². The lowest BCUT2D eigenvalue weighted by Crippen LogP contribution is -2.44. The summed E-state index contributed by atoms with van der Waals surface area (Å²) < 4.78 is 14.2. The number of alkyl halides is 1. The molecule has 2 saturated carbocycles. The summed E-state index contributed by atoms with van der Waals surface area (Å²) in [4.78, 5) is 26.5. The van der Waals surface area contributed by atoms with E-state index >= 15 is 0 Å². The second-order valence-electron chi connectivity index (χ2n) is 11.7. The summed E-state index contributed by atoms with van der Waals surface area (Å²) in [5, 5.41) is 0. The zero-order chi connectivity index (χ0) is 24.5. The molecule has 0 aromatic rings. The van der Waals surface area contributed by atoms with Crippen LogP contribution in [0.1, 0.15) is 78.6 Å². The average molecular weight is 463 g/mol. The topological polar surface area (TPSA) is 34.1 Å². The number of carbonyl (C=O) groups excluding carboxylic acids is 2. The van der Waals surface area contributed by atoms with E-state index in [1.165, 1.54) is 11.6 Å². The fourth-order valence-electron chi connectivity index (χ4n) is 6.06. The minimum absolute atomic E-state index is 0.000488. The van der Waals surface area contributed by atoms with Gasteiger partial charge in [0.2, 0.25) is 0 Å². The molecule has 4 aliphatic carbocycles. The van der Waals surface area contributed by atoms with E-state index in [4.69, 9.17) is 0 Å². The lowest BCUT2D eigenvalue weighted by atomic mass is 9.66. The first-order valence-electron chi connectivity index (χ1n) is 13.1. The molecular weight excluding hydrogens is 423 g/mol. The van der Waals surface area contributed by atoms with Crippen LogP contribution in [0.15, 0.2) is 65.5 Å². The molecule has 0 saturated heterocycles. The van der Waals surface area contributed by atoms with Crippen molar-refractivity contribution < 1.29 is 14.0 Å². The number of carbonyl (C=O) groups is 2. The van der Waals surface area contributed by atoms with Gasteiger partial charge in [-0.3, -0.25) is 9.59 Å². The molecule has 0 aliphatic heterocycles. The highest BCUT2D eigenvalue weighted by Gasteiger charge is 2.47. The first-order chi connectivity index (χ1) is 16.1. The summed E-state index contributed by atoms with van der Waals surface area (Å²) in [7, 11) is 0. The van der Waals surface area contributed by atoms with E-state index < -0.39 is 5.67 Å². The molecule has 4 aliphatic rings. The SMILES string of the molecule is C=CC1(F)CC(C(=O)C(C)[C@@H]2CCCC(C(=O)C3=CC4=C(C=C=C3)C=CC(C)(C)CC4)CC2)C1. The Kier molecular flexibility index (Phi) is 7.15. The molecule has 4 rings (SSSR count). The minimum atomic E-state index is -1.35. The van der Waals surface area contributed by atoms with Gasteiger partial charge < -0.3 is 0 Å². The van der Waals surface area contributed by atoms with Crippen molar-refractivity contribution in [3.8, 4) is 0 Å². The highest BCUT2D eigenvalue weighted by atomic mass is 19.1. The third kappa shape index (κ3) is 5.36. The van der Waals surface area contributed by atoms with Crippen molar-refractivity contribution in [3.05, 3.63) is 65.5 Å². The van der Waals surface area contributed by atoms with E-state index in [1.807, 2.05) is 19.1 Å². The molecule has 0 aromatic heterocycles. The maximum atomic E-state index is 14.2. The van der Waals surface area contributed by atoms with E-state index in [-0.39, 0.29) is 53.5 Å². The van der Waals surface area contributed by atoms with Gasteiger partial charge >= 0.3 is 0 Å². The average Bonchev–Trinajstić information content (AvgIpc) is 3.21. The quantitative estimate of drug-likeness (QED) is 0.231. The molecule has 0 bridgehead atoms. The van der Waals surface area contributed by atoms with Crippen LogP contribution in [0.25, 0.3) is 0 Å². The highest BCUT2D eigenvalue weighted by Crippen LogP contribution is 2.45. The second kappa shape index (κ2) is 9.78. The predicted octanol–water partition coefficient (Wildman–Crippen LogP) is 7.59. The Morgan fingerprint density at radius 2 is 1.91 bits per heavy atom. The Bertz CT molecular complexity index is 1010. The molecule has 182 valence electrons. The van der Waals surface area contributed by atoms with Gasteiger partial charge in [-0.15, -0.1) is 5.73 Å². The van der Waals surface area contributed by atoms with E-state index in [0.717, 1.165) is 56.1 Å². The highest BCUT2D eigenvalue weighted by molar-refractivity contribution is 6.00. The van der Waals surface area contributed by atoms with Gasteiger partial charge in [-0.1, -0.05) is 52.0 Å². The van der Waals surface area contributed by atoms with Crippen molar-refractivity contribution in [3.63, 3.8) is 0 Å². The lowest BCUT2D eigenvalue weighted by molar-refractivity contribution is -0.135. The third-order valence-corrected chi connectivity index (χ3v) is 8.70. The molecular formula is C31H39FO2. The number of hydrogen-bond donors (Lipinski definition) is 0. The molecule has 2 unspecified atom stereocenters. The van der Waals surface area contributed by atoms with Crippen molar-refractivity contribution in [2.75, 3.05) is 0 Å².